The number of anilines is 3. The Hall–Kier alpha value is -3.03. The lowest BCUT2D eigenvalue weighted by molar-refractivity contribution is 0.105. The minimum Gasteiger partial charge on any atom is -0.495 e. The molecule has 2 heterocycles. The summed E-state index contributed by atoms with van der Waals surface area (Å²) in [6.07, 6.45) is 1.28. The predicted octanol–water partition coefficient (Wildman–Crippen LogP) is 2.82. The first-order valence-electron chi connectivity index (χ1n) is 9.01. The number of benzene rings is 1. The van der Waals surface area contributed by atoms with E-state index >= 15 is 0 Å². The van der Waals surface area contributed by atoms with Crippen molar-refractivity contribution < 1.29 is 14.3 Å². The highest BCUT2D eigenvalue weighted by Gasteiger charge is 2.23. The average Bonchev–Trinajstić information content (AvgIpc) is 2.69. The highest BCUT2D eigenvalue weighted by molar-refractivity contribution is 5.68. The van der Waals surface area contributed by atoms with Gasteiger partial charge in [0.15, 0.2) is 0 Å². The van der Waals surface area contributed by atoms with Gasteiger partial charge < -0.3 is 24.6 Å². The van der Waals surface area contributed by atoms with Gasteiger partial charge in [0.25, 0.3) is 0 Å². The lowest BCUT2D eigenvalue weighted by Gasteiger charge is -2.34. The molecule has 2 aromatic rings. The van der Waals surface area contributed by atoms with Gasteiger partial charge >= 0.3 is 6.09 Å². The molecule has 27 heavy (non-hydrogen) atoms. The monoisotopic (exact) mass is 371 g/mol. The van der Waals surface area contributed by atoms with Gasteiger partial charge in [-0.3, -0.25) is 0 Å². The van der Waals surface area contributed by atoms with Crippen LogP contribution in [0.4, 0.5) is 22.1 Å². The van der Waals surface area contributed by atoms with Crippen molar-refractivity contribution in [3.05, 3.63) is 36.2 Å². The van der Waals surface area contributed by atoms with Gasteiger partial charge in [0.1, 0.15) is 23.7 Å². The number of amides is 1. The third-order valence-corrected chi connectivity index (χ3v) is 4.40. The summed E-state index contributed by atoms with van der Waals surface area (Å²) < 4.78 is 10.5. The Balaban J connectivity index is 1.68. The van der Waals surface area contributed by atoms with Crippen LogP contribution in [0.3, 0.4) is 0 Å². The van der Waals surface area contributed by atoms with E-state index in [4.69, 9.17) is 9.47 Å². The molecule has 3 rings (SSSR count). The largest absolute Gasteiger partial charge is 0.495 e. The number of aromatic nitrogens is 2. The molecule has 8 heteroatoms. The molecule has 1 saturated heterocycles. The average molecular weight is 371 g/mol. The molecule has 1 aromatic heterocycles. The quantitative estimate of drug-likeness (QED) is 0.866. The van der Waals surface area contributed by atoms with Crippen LogP contribution in [0.5, 0.6) is 5.75 Å². The summed E-state index contributed by atoms with van der Waals surface area (Å²) in [5.41, 5.74) is 1.98. The second-order valence-corrected chi connectivity index (χ2v) is 6.26. The fourth-order valence-electron chi connectivity index (χ4n) is 2.98. The molecule has 144 valence electrons. The first-order valence-corrected chi connectivity index (χ1v) is 9.01. The van der Waals surface area contributed by atoms with E-state index in [0.717, 1.165) is 22.8 Å². The lowest BCUT2D eigenvalue weighted by atomic mass is 10.2. The number of methoxy groups -OCH3 is 1. The minimum absolute atomic E-state index is 0.256. The molecule has 0 aliphatic carbocycles. The molecule has 0 saturated carbocycles. The summed E-state index contributed by atoms with van der Waals surface area (Å²) in [5, 5.41) is 3.30. The molecule has 8 nitrogen and oxygen atoms in total. The van der Waals surface area contributed by atoms with E-state index in [1.165, 1.54) is 6.33 Å². The molecule has 1 amide bonds. The van der Waals surface area contributed by atoms with Gasteiger partial charge in [0.05, 0.1) is 19.4 Å². The van der Waals surface area contributed by atoms with E-state index < -0.39 is 0 Å². The van der Waals surface area contributed by atoms with Crippen molar-refractivity contribution in [1.82, 2.24) is 14.9 Å². The van der Waals surface area contributed by atoms with Crippen LogP contribution in [0, 0.1) is 6.92 Å². The first kappa shape index (κ1) is 18.8. The van der Waals surface area contributed by atoms with Crippen LogP contribution >= 0.6 is 0 Å². The fourth-order valence-corrected chi connectivity index (χ4v) is 2.98. The van der Waals surface area contributed by atoms with Crippen LogP contribution in [0.2, 0.25) is 0 Å². The van der Waals surface area contributed by atoms with Crippen molar-refractivity contribution in [2.45, 2.75) is 13.8 Å². The number of rotatable bonds is 5. The van der Waals surface area contributed by atoms with Gasteiger partial charge in [-0.05, 0) is 31.5 Å². The van der Waals surface area contributed by atoms with Gasteiger partial charge in [0.2, 0.25) is 0 Å². The van der Waals surface area contributed by atoms with E-state index in [9.17, 15) is 4.79 Å². The number of carbonyl (C=O) groups excluding carboxylic acids is 1. The van der Waals surface area contributed by atoms with E-state index in [1.54, 1.807) is 12.0 Å². The van der Waals surface area contributed by atoms with Crippen molar-refractivity contribution >= 4 is 23.4 Å². The third kappa shape index (κ3) is 4.58. The van der Waals surface area contributed by atoms with E-state index in [0.29, 0.717) is 38.6 Å². The molecular weight excluding hydrogens is 346 g/mol. The first-order chi connectivity index (χ1) is 13.1. The lowest BCUT2D eigenvalue weighted by Crippen LogP contribution is -2.49. The van der Waals surface area contributed by atoms with Crippen molar-refractivity contribution in [3.8, 4) is 5.75 Å². The van der Waals surface area contributed by atoms with Crippen LogP contribution in [0.1, 0.15) is 12.5 Å². The third-order valence-electron chi connectivity index (χ3n) is 4.40. The molecule has 0 atom stereocenters. The van der Waals surface area contributed by atoms with Crippen molar-refractivity contribution in [2.75, 3.05) is 50.1 Å². The van der Waals surface area contributed by atoms with E-state index in [-0.39, 0.29) is 6.09 Å². The number of carbonyl (C=O) groups is 1. The fraction of sp³-hybridized carbons (Fsp3) is 0.421. The topological polar surface area (TPSA) is 79.8 Å². The number of aryl methyl sites for hydroxylation is 1. The Kier molecular flexibility index (Phi) is 5.95. The number of ether oxygens (including phenoxy) is 2. The Bertz CT molecular complexity index is 791. The molecule has 1 aromatic carbocycles. The minimum atomic E-state index is -0.256. The summed E-state index contributed by atoms with van der Waals surface area (Å²) in [7, 11) is 1.64. The number of hydrogen-bond donors (Lipinski definition) is 1. The molecule has 0 unspecified atom stereocenters. The van der Waals surface area contributed by atoms with Gasteiger partial charge in [-0.15, -0.1) is 0 Å². The smallest absolute Gasteiger partial charge is 0.409 e. The van der Waals surface area contributed by atoms with Crippen molar-refractivity contribution in [1.29, 1.82) is 0 Å². The Morgan fingerprint density at radius 2 is 1.96 bits per heavy atom. The molecular formula is C19H25N5O3. The number of hydrogen-bond acceptors (Lipinski definition) is 7. The Morgan fingerprint density at radius 1 is 1.19 bits per heavy atom. The second kappa shape index (κ2) is 8.57. The van der Waals surface area contributed by atoms with Gasteiger partial charge in [-0.1, -0.05) is 6.07 Å². The van der Waals surface area contributed by atoms with Crippen LogP contribution < -0.4 is 15.0 Å². The zero-order chi connectivity index (χ0) is 19.2. The summed E-state index contributed by atoms with van der Waals surface area (Å²) in [4.78, 5) is 24.4. The summed E-state index contributed by atoms with van der Waals surface area (Å²) in [6.45, 7) is 6.84. The normalized spacial score (nSPS) is 14.0. The Morgan fingerprint density at radius 3 is 2.67 bits per heavy atom. The van der Waals surface area contributed by atoms with E-state index in [2.05, 4.69) is 20.2 Å². The molecule has 1 N–H and O–H groups in total. The van der Waals surface area contributed by atoms with Gasteiger partial charge in [0, 0.05) is 32.2 Å². The number of piperazine rings is 1. The Labute approximate surface area is 159 Å². The molecule has 1 aliphatic rings. The zero-order valence-corrected chi connectivity index (χ0v) is 15.9. The van der Waals surface area contributed by atoms with E-state index in [1.807, 2.05) is 38.1 Å². The summed E-state index contributed by atoms with van der Waals surface area (Å²) >= 11 is 0. The maximum Gasteiger partial charge on any atom is 0.409 e. The van der Waals surface area contributed by atoms with Crippen molar-refractivity contribution in [2.24, 2.45) is 0 Å². The van der Waals surface area contributed by atoms with Crippen molar-refractivity contribution in [3.63, 3.8) is 0 Å². The van der Waals surface area contributed by atoms with Crippen LogP contribution in [-0.4, -0.2) is 60.9 Å². The van der Waals surface area contributed by atoms with Gasteiger partial charge in [-0.2, -0.15) is 0 Å². The van der Waals surface area contributed by atoms with Crippen LogP contribution in [-0.2, 0) is 4.74 Å². The summed E-state index contributed by atoms with van der Waals surface area (Å²) in [6, 6.07) is 7.84. The molecule has 0 bridgehead atoms. The highest BCUT2D eigenvalue weighted by Crippen LogP contribution is 2.28. The maximum absolute atomic E-state index is 11.8. The zero-order valence-electron chi connectivity index (χ0n) is 15.9. The van der Waals surface area contributed by atoms with Crippen LogP contribution in [0.25, 0.3) is 0 Å². The maximum atomic E-state index is 11.8. The second-order valence-electron chi connectivity index (χ2n) is 6.26. The number of nitrogens with zero attached hydrogens (tertiary/aromatic N) is 4. The predicted molar refractivity (Wildman–Crippen MR) is 104 cm³/mol. The molecule has 1 fully saturated rings. The number of nitrogens with one attached hydrogen (secondary N) is 1. The van der Waals surface area contributed by atoms with Gasteiger partial charge in [-0.25, -0.2) is 14.8 Å². The van der Waals surface area contributed by atoms with Crippen LogP contribution in [0.15, 0.2) is 30.6 Å². The molecule has 1 aliphatic heterocycles. The standard InChI is InChI=1S/C19H25N5O3/c1-4-27-19(25)24-9-7-23(8-10-24)18-12-17(20-13-21-18)22-15-11-14(2)5-6-16(15)26-3/h5-6,11-13H,4,7-10H2,1-3H3,(H,20,21,22). The molecule has 0 spiro atoms. The SMILES string of the molecule is CCOC(=O)N1CCN(c2cc(Nc3cc(C)ccc3OC)ncn2)CC1. The molecule has 0 radical (unpaired) electrons. The highest BCUT2D eigenvalue weighted by atomic mass is 16.6. The summed E-state index contributed by atoms with van der Waals surface area (Å²) in [5.74, 6) is 2.27.